The summed E-state index contributed by atoms with van der Waals surface area (Å²) in [5.74, 6) is -6.03. The van der Waals surface area contributed by atoms with Crippen molar-refractivity contribution in [1.82, 2.24) is 15.1 Å². The van der Waals surface area contributed by atoms with Crippen molar-refractivity contribution < 1.29 is 23.2 Å². The van der Waals surface area contributed by atoms with Crippen LogP contribution in [0.5, 0.6) is 0 Å². The van der Waals surface area contributed by atoms with Crippen LogP contribution in [0, 0.1) is 0 Å². The van der Waals surface area contributed by atoms with E-state index in [4.69, 9.17) is 11.5 Å². The summed E-state index contributed by atoms with van der Waals surface area (Å²) >= 11 is 0. The van der Waals surface area contributed by atoms with Crippen LogP contribution >= 0.6 is 0 Å². The topological polar surface area (TPSA) is 134 Å². The molecule has 37 heavy (non-hydrogen) atoms. The first-order valence-electron chi connectivity index (χ1n) is 12.9. The first-order chi connectivity index (χ1) is 17.5. The second-order valence-corrected chi connectivity index (χ2v) is 9.49. The van der Waals surface area contributed by atoms with Gasteiger partial charge in [0.25, 0.3) is 0 Å². The van der Waals surface area contributed by atoms with Gasteiger partial charge in [-0.2, -0.15) is 8.78 Å². The fourth-order valence-corrected chi connectivity index (χ4v) is 4.62. The van der Waals surface area contributed by atoms with Crippen molar-refractivity contribution >= 4 is 23.7 Å². The van der Waals surface area contributed by atoms with Crippen molar-refractivity contribution in [2.45, 2.75) is 82.8 Å². The molecule has 0 spiro atoms. The van der Waals surface area contributed by atoms with Crippen molar-refractivity contribution in [3.63, 3.8) is 0 Å². The molecule has 1 aromatic rings. The number of nitrogens with zero attached hydrogens (tertiary/aromatic N) is 3. The number of ketones is 1. The summed E-state index contributed by atoms with van der Waals surface area (Å²) in [6.45, 7) is 3.84. The SMILES string of the molecule is CCCC(F)(F)C(=O)C(CCCN=C(N)N)N(C(=O)[C@@H](Cc1ccccc1)NC)C(=O)N1CCC[C@H]1C. The summed E-state index contributed by atoms with van der Waals surface area (Å²) in [6, 6.07) is 5.68. The van der Waals surface area contributed by atoms with Crippen LogP contribution in [0.15, 0.2) is 35.3 Å². The van der Waals surface area contributed by atoms with Gasteiger partial charge >= 0.3 is 12.0 Å². The molecule has 1 saturated heterocycles. The van der Waals surface area contributed by atoms with Crippen LogP contribution in [-0.2, 0) is 16.0 Å². The molecule has 1 unspecified atom stereocenters. The monoisotopic (exact) mass is 522 g/mol. The van der Waals surface area contributed by atoms with Crippen molar-refractivity contribution in [1.29, 1.82) is 0 Å². The third kappa shape index (κ3) is 8.21. The molecule has 1 fully saturated rings. The number of imide groups is 1. The van der Waals surface area contributed by atoms with Gasteiger partial charge in [-0.1, -0.05) is 37.3 Å². The summed E-state index contributed by atoms with van der Waals surface area (Å²) in [4.78, 5) is 47.1. The van der Waals surface area contributed by atoms with Crippen molar-refractivity contribution in [2.75, 3.05) is 20.1 Å². The summed E-state index contributed by atoms with van der Waals surface area (Å²) in [5.41, 5.74) is 11.6. The van der Waals surface area contributed by atoms with Crippen LogP contribution in [0.2, 0.25) is 0 Å². The largest absolute Gasteiger partial charge is 0.370 e. The van der Waals surface area contributed by atoms with Gasteiger partial charge in [-0.05, 0) is 58.1 Å². The molecule has 3 atom stereocenters. The number of alkyl halides is 2. The lowest BCUT2D eigenvalue weighted by atomic mass is 9.95. The molecule has 206 valence electrons. The number of likely N-dealkylation sites (N-methyl/N-ethyl adjacent to an activating group) is 1. The molecule has 9 nitrogen and oxygen atoms in total. The highest BCUT2D eigenvalue weighted by atomic mass is 19.3. The zero-order valence-electron chi connectivity index (χ0n) is 22.0. The van der Waals surface area contributed by atoms with E-state index >= 15 is 0 Å². The molecule has 0 aliphatic carbocycles. The Hall–Kier alpha value is -3.08. The Morgan fingerprint density at radius 3 is 2.46 bits per heavy atom. The van der Waals surface area contributed by atoms with Gasteiger partial charge in [-0.15, -0.1) is 0 Å². The number of nitrogens with one attached hydrogen (secondary N) is 1. The van der Waals surface area contributed by atoms with Crippen LogP contribution in [0.1, 0.15) is 57.9 Å². The standard InChI is InChI=1S/C26H40F2N6O3/c1-4-14-26(27,28)22(35)21(13-8-15-32-24(29)30)34(25(37)33-16-9-10-18(33)2)23(36)20(31-3)17-19-11-6-5-7-12-19/h5-7,11-12,18,20-21,31H,4,8-10,13-17H2,1-3H3,(H4,29,30,32)/t18-,20-,21?/m1/s1. The van der Waals surface area contributed by atoms with Gasteiger partial charge in [0.05, 0.1) is 6.04 Å². The van der Waals surface area contributed by atoms with Gasteiger partial charge in [0.1, 0.15) is 6.04 Å². The van der Waals surface area contributed by atoms with Crippen LogP contribution < -0.4 is 16.8 Å². The van der Waals surface area contributed by atoms with E-state index in [2.05, 4.69) is 10.3 Å². The van der Waals surface area contributed by atoms with E-state index in [1.807, 2.05) is 37.3 Å². The zero-order chi connectivity index (χ0) is 27.6. The molecule has 3 amide bonds. The number of halogens is 2. The maximum atomic E-state index is 15.0. The molecule has 5 N–H and O–H groups in total. The lowest BCUT2D eigenvalue weighted by molar-refractivity contribution is -0.153. The fourth-order valence-electron chi connectivity index (χ4n) is 4.62. The number of aliphatic imine (C=N–C) groups is 1. The Bertz CT molecular complexity index is 939. The minimum Gasteiger partial charge on any atom is -0.370 e. The summed E-state index contributed by atoms with van der Waals surface area (Å²) in [7, 11) is 1.56. The summed E-state index contributed by atoms with van der Waals surface area (Å²) < 4.78 is 30.0. The molecule has 2 rings (SSSR count). The average Bonchev–Trinajstić information content (AvgIpc) is 3.29. The number of urea groups is 1. The fraction of sp³-hybridized carbons (Fsp3) is 0.615. The van der Waals surface area contributed by atoms with Gasteiger partial charge in [-0.25, -0.2) is 4.79 Å². The second-order valence-electron chi connectivity index (χ2n) is 9.49. The van der Waals surface area contributed by atoms with Crippen molar-refractivity contribution in [3.8, 4) is 0 Å². The minimum atomic E-state index is -3.69. The molecule has 0 radical (unpaired) electrons. The molecule has 11 heteroatoms. The summed E-state index contributed by atoms with van der Waals surface area (Å²) in [6.07, 6.45) is 1.01. The molecule has 1 heterocycles. The number of amides is 3. The predicted molar refractivity (Wildman–Crippen MR) is 139 cm³/mol. The van der Waals surface area contributed by atoms with E-state index < -0.39 is 42.1 Å². The molecular formula is C26H40F2N6O3. The Balaban J connectivity index is 2.50. The molecule has 1 aliphatic heterocycles. The number of Topliss-reactive ketones (excluding diaryl/α,β-unsaturated/α-hetero) is 1. The Morgan fingerprint density at radius 2 is 1.92 bits per heavy atom. The third-order valence-corrected chi connectivity index (χ3v) is 6.64. The van der Waals surface area contributed by atoms with Gasteiger partial charge in [-0.3, -0.25) is 19.5 Å². The maximum absolute atomic E-state index is 15.0. The predicted octanol–water partition coefficient (Wildman–Crippen LogP) is 2.68. The summed E-state index contributed by atoms with van der Waals surface area (Å²) in [5, 5.41) is 2.91. The number of benzene rings is 1. The number of nitrogens with two attached hydrogens (primary N) is 2. The van der Waals surface area contributed by atoms with Crippen LogP contribution in [0.3, 0.4) is 0 Å². The number of hydrogen-bond donors (Lipinski definition) is 3. The molecule has 1 aliphatic rings. The van der Waals surface area contributed by atoms with E-state index in [0.717, 1.165) is 23.3 Å². The molecule has 0 aromatic heterocycles. The highest BCUT2D eigenvalue weighted by molar-refractivity contribution is 6.04. The Labute approximate surface area is 217 Å². The first-order valence-corrected chi connectivity index (χ1v) is 12.9. The number of rotatable bonds is 13. The Kier molecular flexibility index (Phi) is 11.4. The number of carbonyl (C=O) groups is 3. The van der Waals surface area contributed by atoms with E-state index in [1.165, 1.54) is 4.90 Å². The highest BCUT2D eigenvalue weighted by Crippen LogP contribution is 2.29. The Morgan fingerprint density at radius 1 is 1.24 bits per heavy atom. The number of carbonyl (C=O) groups excluding carboxylic acids is 3. The van der Waals surface area contributed by atoms with Crippen LogP contribution in [0.25, 0.3) is 0 Å². The highest BCUT2D eigenvalue weighted by Gasteiger charge is 2.49. The minimum absolute atomic E-state index is 0.0671. The number of likely N-dealkylation sites (tertiary alicyclic amines) is 1. The number of guanidine groups is 1. The van der Waals surface area contributed by atoms with E-state index in [1.54, 1.807) is 14.0 Å². The quantitative estimate of drug-likeness (QED) is 0.207. The van der Waals surface area contributed by atoms with E-state index in [-0.39, 0.29) is 44.2 Å². The van der Waals surface area contributed by atoms with Crippen molar-refractivity contribution in [2.24, 2.45) is 16.5 Å². The zero-order valence-corrected chi connectivity index (χ0v) is 22.0. The molecule has 0 saturated carbocycles. The lowest BCUT2D eigenvalue weighted by Crippen LogP contribution is -2.61. The second kappa shape index (κ2) is 14.0. The normalized spacial score (nSPS) is 17.2. The lowest BCUT2D eigenvalue weighted by Gasteiger charge is -2.37. The van der Waals surface area contributed by atoms with Gasteiger partial charge < -0.3 is 21.7 Å². The van der Waals surface area contributed by atoms with Crippen molar-refractivity contribution in [3.05, 3.63) is 35.9 Å². The number of hydrogen-bond acceptors (Lipinski definition) is 5. The molecular weight excluding hydrogens is 482 g/mol. The molecule has 0 bridgehead atoms. The van der Waals surface area contributed by atoms with E-state index in [9.17, 15) is 23.2 Å². The van der Waals surface area contributed by atoms with Crippen LogP contribution in [-0.4, -0.2) is 77.7 Å². The molecule has 1 aromatic carbocycles. The van der Waals surface area contributed by atoms with Crippen LogP contribution in [0.4, 0.5) is 13.6 Å². The van der Waals surface area contributed by atoms with Gasteiger partial charge in [0.2, 0.25) is 11.7 Å². The first kappa shape index (κ1) is 30.1. The van der Waals surface area contributed by atoms with Gasteiger partial charge in [0, 0.05) is 25.6 Å². The third-order valence-electron chi connectivity index (χ3n) is 6.64. The smallest absolute Gasteiger partial charge is 0.327 e. The van der Waals surface area contributed by atoms with E-state index in [0.29, 0.717) is 6.54 Å². The maximum Gasteiger partial charge on any atom is 0.327 e. The average molecular weight is 523 g/mol. The van der Waals surface area contributed by atoms with Gasteiger partial charge in [0.15, 0.2) is 5.96 Å².